The molecule has 0 saturated carbocycles. The first kappa shape index (κ1) is 18.9. The van der Waals surface area contributed by atoms with Crippen molar-refractivity contribution in [3.8, 4) is 5.75 Å². The van der Waals surface area contributed by atoms with E-state index in [4.69, 9.17) is 0 Å². The molecule has 3 aromatic rings. The highest BCUT2D eigenvalue weighted by Gasteiger charge is 2.24. The average Bonchev–Trinajstić information content (AvgIpc) is 3.09. The SMILES string of the molecule is O=C(NCC(=O)N1CCc2[nH]c3ccccc3c2C1)c1ccc(OC(F)F)cc1. The zero-order valence-electron chi connectivity index (χ0n) is 15.5. The molecule has 8 heteroatoms. The molecule has 6 nitrogen and oxygen atoms in total. The Hall–Kier alpha value is -3.42. The molecule has 0 atom stereocenters. The molecule has 2 N–H and O–H groups in total. The predicted octanol–water partition coefficient (Wildman–Crippen LogP) is 3.08. The summed E-state index contributed by atoms with van der Waals surface area (Å²) in [7, 11) is 0. The molecule has 0 fully saturated rings. The number of alkyl halides is 2. The summed E-state index contributed by atoms with van der Waals surface area (Å²) in [5.41, 5.74) is 3.57. The van der Waals surface area contributed by atoms with Gasteiger partial charge in [0.25, 0.3) is 5.91 Å². The molecule has 2 aromatic carbocycles. The van der Waals surface area contributed by atoms with E-state index in [0.717, 1.165) is 28.6 Å². The molecule has 0 aliphatic carbocycles. The van der Waals surface area contributed by atoms with E-state index in [9.17, 15) is 18.4 Å². The van der Waals surface area contributed by atoms with E-state index in [2.05, 4.69) is 15.0 Å². The number of rotatable bonds is 5. The van der Waals surface area contributed by atoms with Crippen LogP contribution in [0, 0.1) is 0 Å². The van der Waals surface area contributed by atoms with E-state index in [1.165, 1.54) is 24.3 Å². The maximum atomic E-state index is 12.6. The first-order valence-corrected chi connectivity index (χ1v) is 9.20. The predicted molar refractivity (Wildman–Crippen MR) is 103 cm³/mol. The van der Waals surface area contributed by atoms with Crippen molar-refractivity contribution in [2.45, 2.75) is 19.6 Å². The Kier molecular flexibility index (Phi) is 5.16. The van der Waals surface area contributed by atoms with Crippen molar-refractivity contribution in [1.29, 1.82) is 0 Å². The minimum absolute atomic E-state index is 0.0320. The summed E-state index contributed by atoms with van der Waals surface area (Å²) in [6, 6.07) is 13.3. The van der Waals surface area contributed by atoms with E-state index in [0.29, 0.717) is 13.1 Å². The standard InChI is InChI=1S/C21H19F2N3O3/c22-21(23)29-14-7-5-13(6-8-14)20(28)24-11-19(27)26-10-9-18-16(12-26)15-3-1-2-4-17(15)25-18/h1-8,21,25H,9-12H2,(H,24,28). The Morgan fingerprint density at radius 1 is 1.14 bits per heavy atom. The number of hydrogen-bond donors (Lipinski definition) is 2. The molecule has 4 rings (SSSR count). The normalized spacial score (nSPS) is 13.4. The molecule has 150 valence electrons. The number of benzene rings is 2. The van der Waals surface area contributed by atoms with Gasteiger partial charge in [0.1, 0.15) is 5.75 Å². The van der Waals surface area contributed by atoms with E-state index in [1.54, 1.807) is 4.90 Å². The van der Waals surface area contributed by atoms with Crippen molar-refractivity contribution in [2.24, 2.45) is 0 Å². The molecule has 2 amide bonds. The lowest BCUT2D eigenvalue weighted by Crippen LogP contribution is -2.42. The number of halogens is 2. The number of para-hydroxylation sites is 1. The Bertz CT molecular complexity index is 1050. The number of aromatic nitrogens is 1. The molecule has 1 aromatic heterocycles. The van der Waals surface area contributed by atoms with Crippen molar-refractivity contribution in [3.63, 3.8) is 0 Å². The molecule has 1 aliphatic heterocycles. The van der Waals surface area contributed by atoms with E-state index >= 15 is 0 Å². The second-order valence-electron chi connectivity index (χ2n) is 6.78. The van der Waals surface area contributed by atoms with Gasteiger partial charge in [0.2, 0.25) is 5.91 Å². The van der Waals surface area contributed by atoms with Gasteiger partial charge in [-0.3, -0.25) is 9.59 Å². The van der Waals surface area contributed by atoms with Crippen molar-refractivity contribution < 1.29 is 23.1 Å². The zero-order valence-corrected chi connectivity index (χ0v) is 15.5. The topological polar surface area (TPSA) is 74.4 Å². The maximum absolute atomic E-state index is 12.6. The summed E-state index contributed by atoms with van der Waals surface area (Å²) >= 11 is 0. The minimum atomic E-state index is -2.92. The van der Waals surface area contributed by atoms with Gasteiger partial charge in [0.05, 0.1) is 6.54 Å². The fourth-order valence-corrected chi connectivity index (χ4v) is 3.54. The van der Waals surface area contributed by atoms with Crippen molar-refractivity contribution in [1.82, 2.24) is 15.2 Å². The third-order valence-corrected chi connectivity index (χ3v) is 4.98. The quantitative estimate of drug-likeness (QED) is 0.693. The van der Waals surface area contributed by atoms with Crippen LogP contribution in [0.25, 0.3) is 10.9 Å². The van der Waals surface area contributed by atoms with Gasteiger partial charge in [-0.15, -0.1) is 0 Å². The van der Waals surface area contributed by atoms with Crippen molar-refractivity contribution >= 4 is 22.7 Å². The summed E-state index contributed by atoms with van der Waals surface area (Å²) in [5.74, 6) is -0.658. The largest absolute Gasteiger partial charge is 0.435 e. The number of fused-ring (bicyclic) bond motifs is 3. The number of aromatic amines is 1. The highest BCUT2D eigenvalue weighted by atomic mass is 19.3. The molecular weight excluding hydrogens is 380 g/mol. The summed E-state index contributed by atoms with van der Waals surface area (Å²) in [6.45, 7) is -1.98. The lowest BCUT2D eigenvalue weighted by Gasteiger charge is -2.27. The van der Waals surface area contributed by atoms with Crippen LogP contribution in [-0.2, 0) is 17.8 Å². The highest BCUT2D eigenvalue weighted by molar-refractivity contribution is 5.96. The van der Waals surface area contributed by atoms with Crippen LogP contribution in [0.3, 0.4) is 0 Å². The summed E-state index contributed by atoms with van der Waals surface area (Å²) in [4.78, 5) is 29.9. The van der Waals surface area contributed by atoms with E-state index in [1.807, 2.05) is 24.3 Å². The van der Waals surface area contributed by atoms with Crippen LogP contribution >= 0.6 is 0 Å². The molecule has 0 saturated heterocycles. The van der Waals surface area contributed by atoms with Gasteiger partial charge in [-0.1, -0.05) is 18.2 Å². The van der Waals surface area contributed by atoms with Crippen LogP contribution in [0.5, 0.6) is 5.75 Å². The lowest BCUT2D eigenvalue weighted by atomic mass is 10.0. The zero-order chi connectivity index (χ0) is 20.4. The summed E-state index contributed by atoms with van der Waals surface area (Å²) in [6.07, 6.45) is 0.731. The van der Waals surface area contributed by atoms with Gasteiger partial charge in [-0.2, -0.15) is 8.78 Å². The third-order valence-electron chi connectivity index (χ3n) is 4.98. The van der Waals surface area contributed by atoms with Gasteiger partial charge < -0.3 is 19.9 Å². The van der Waals surface area contributed by atoms with Gasteiger partial charge in [0, 0.05) is 47.2 Å². The van der Waals surface area contributed by atoms with Crippen molar-refractivity contribution in [3.05, 3.63) is 65.4 Å². The number of amides is 2. The fraction of sp³-hybridized carbons (Fsp3) is 0.238. The Morgan fingerprint density at radius 3 is 2.66 bits per heavy atom. The van der Waals surface area contributed by atoms with Crippen LogP contribution in [0.1, 0.15) is 21.6 Å². The number of nitrogens with one attached hydrogen (secondary N) is 2. The third kappa shape index (κ3) is 4.06. The number of nitrogens with zero attached hydrogens (tertiary/aromatic N) is 1. The number of hydrogen-bond acceptors (Lipinski definition) is 3. The Balaban J connectivity index is 1.36. The fourth-order valence-electron chi connectivity index (χ4n) is 3.54. The second kappa shape index (κ2) is 7.90. The van der Waals surface area contributed by atoms with Gasteiger partial charge >= 0.3 is 6.61 Å². The molecule has 0 spiro atoms. The van der Waals surface area contributed by atoms with Crippen LogP contribution in [0.4, 0.5) is 8.78 Å². The molecule has 29 heavy (non-hydrogen) atoms. The van der Waals surface area contributed by atoms with Crippen LogP contribution in [0.15, 0.2) is 48.5 Å². The van der Waals surface area contributed by atoms with Gasteiger partial charge in [-0.05, 0) is 30.3 Å². The molecule has 0 radical (unpaired) electrons. The summed E-state index contributed by atoms with van der Waals surface area (Å²) < 4.78 is 28.6. The number of H-pyrrole nitrogens is 1. The molecule has 1 aliphatic rings. The van der Waals surface area contributed by atoms with Gasteiger partial charge in [-0.25, -0.2) is 0 Å². The van der Waals surface area contributed by atoms with E-state index < -0.39 is 12.5 Å². The average molecular weight is 399 g/mol. The van der Waals surface area contributed by atoms with E-state index in [-0.39, 0.29) is 23.8 Å². The Labute approximate surface area is 165 Å². The lowest BCUT2D eigenvalue weighted by molar-refractivity contribution is -0.131. The minimum Gasteiger partial charge on any atom is -0.435 e. The van der Waals surface area contributed by atoms with Crippen LogP contribution < -0.4 is 10.1 Å². The molecule has 0 bridgehead atoms. The molecule has 0 unspecified atom stereocenters. The number of carbonyl (C=O) groups is 2. The summed E-state index contributed by atoms with van der Waals surface area (Å²) in [5, 5.41) is 3.69. The second-order valence-corrected chi connectivity index (χ2v) is 6.78. The van der Waals surface area contributed by atoms with Crippen LogP contribution in [0.2, 0.25) is 0 Å². The monoisotopic (exact) mass is 399 g/mol. The number of carbonyl (C=O) groups excluding carboxylic acids is 2. The first-order chi connectivity index (χ1) is 14.0. The van der Waals surface area contributed by atoms with Crippen LogP contribution in [-0.4, -0.2) is 41.4 Å². The van der Waals surface area contributed by atoms with Crippen molar-refractivity contribution in [2.75, 3.05) is 13.1 Å². The molecular formula is C21H19F2N3O3. The van der Waals surface area contributed by atoms with Gasteiger partial charge in [0.15, 0.2) is 0 Å². The first-order valence-electron chi connectivity index (χ1n) is 9.20. The smallest absolute Gasteiger partial charge is 0.387 e. The molecule has 2 heterocycles. The highest BCUT2D eigenvalue weighted by Crippen LogP contribution is 2.27. The maximum Gasteiger partial charge on any atom is 0.387 e. The Morgan fingerprint density at radius 2 is 1.90 bits per heavy atom. The number of ether oxygens (including phenoxy) is 1.